The molecule has 4 rings (SSSR count). The Morgan fingerprint density at radius 1 is 1.15 bits per heavy atom. The van der Waals surface area contributed by atoms with Crippen molar-refractivity contribution in [2.45, 2.75) is 39.2 Å². The van der Waals surface area contributed by atoms with Crippen molar-refractivity contribution < 1.29 is 9.47 Å². The Bertz CT molecular complexity index is 958. The SMILES string of the molecule is CCOc1ccc2[nH]c3c(c2c1)CCNC3c1cc(C(C)C)ccc1OC. The second-order valence-electron chi connectivity index (χ2n) is 7.45. The first-order chi connectivity index (χ1) is 13.1. The van der Waals surface area contributed by atoms with E-state index in [1.165, 1.54) is 27.8 Å². The molecule has 4 nitrogen and oxygen atoms in total. The van der Waals surface area contributed by atoms with Gasteiger partial charge in [-0.3, -0.25) is 0 Å². The third-order valence-electron chi connectivity index (χ3n) is 5.47. The minimum atomic E-state index is 0.102. The first kappa shape index (κ1) is 17.9. The lowest BCUT2D eigenvalue weighted by Crippen LogP contribution is -2.30. The second-order valence-corrected chi connectivity index (χ2v) is 7.45. The van der Waals surface area contributed by atoms with E-state index in [-0.39, 0.29) is 6.04 Å². The maximum absolute atomic E-state index is 5.71. The summed E-state index contributed by atoms with van der Waals surface area (Å²) in [5.41, 5.74) is 6.31. The fourth-order valence-corrected chi connectivity index (χ4v) is 4.07. The maximum Gasteiger partial charge on any atom is 0.124 e. The molecule has 0 amide bonds. The van der Waals surface area contributed by atoms with Gasteiger partial charge in [0.1, 0.15) is 11.5 Å². The van der Waals surface area contributed by atoms with Crippen molar-refractivity contribution in [3.63, 3.8) is 0 Å². The highest BCUT2D eigenvalue weighted by Gasteiger charge is 2.28. The van der Waals surface area contributed by atoms with E-state index < -0.39 is 0 Å². The molecule has 27 heavy (non-hydrogen) atoms. The predicted molar refractivity (Wildman–Crippen MR) is 110 cm³/mol. The number of fused-ring (bicyclic) bond motifs is 3. The Labute approximate surface area is 160 Å². The average Bonchev–Trinajstić information content (AvgIpc) is 3.06. The molecule has 1 aromatic heterocycles. The molecule has 4 heteroatoms. The minimum Gasteiger partial charge on any atom is -0.496 e. The number of rotatable bonds is 5. The van der Waals surface area contributed by atoms with Crippen LogP contribution in [0.15, 0.2) is 36.4 Å². The summed E-state index contributed by atoms with van der Waals surface area (Å²) in [6.45, 7) is 8.10. The molecule has 1 aliphatic heterocycles. The maximum atomic E-state index is 5.71. The summed E-state index contributed by atoms with van der Waals surface area (Å²) in [5, 5.41) is 4.96. The first-order valence-electron chi connectivity index (χ1n) is 9.80. The molecule has 0 aliphatic carbocycles. The quantitative estimate of drug-likeness (QED) is 0.674. The molecule has 1 aliphatic rings. The number of nitrogens with one attached hydrogen (secondary N) is 2. The lowest BCUT2D eigenvalue weighted by molar-refractivity contribution is 0.340. The molecular weight excluding hydrogens is 336 g/mol. The lowest BCUT2D eigenvalue weighted by Gasteiger charge is -2.27. The van der Waals surface area contributed by atoms with Crippen molar-refractivity contribution in [1.82, 2.24) is 10.3 Å². The van der Waals surface area contributed by atoms with Crippen molar-refractivity contribution in [3.8, 4) is 11.5 Å². The molecule has 0 spiro atoms. The Kier molecular flexibility index (Phi) is 4.83. The van der Waals surface area contributed by atoms with E-state index in [1.807, 2.05) is 13.0 Å². The fourth-order valence-electron chi connectivity index (χ4n) is 4.07. The van der Waals surface area contributed by atoms with Gasteiger partial charge in [-0.05, 0) is 60.7 Å². The van der Waals surface area contributed by atoms with Crippen molar-refractivity contribution in [3.05, 3.63) is 58.8 Å². The molecule has 2 aromatic carbocycles. The highest BCUT2D eigenvalue weighted by molar-refractivity contribution is 5.86. The van der Waals surface area contributed by atoms with E-state index in [1.54, 1.807) is 7.11 Å². The summed E-state index contributed by atoms with van der Waals surface area (Å²) in [5.74, 6) is 2.34. The molecule has 0 saturated heterocycles. The summed E-state index contributed by atoms with van der Waals surface area (Å²) in [7, 11) is 1.75. The molecule has 0 radical (unpaired) electrons. The van der Waals surface area contributed by atoms with E-state index >= 15 is 0 Å². The van der Waals surface area contributed by atoms with Crippen LogP contribution in [0.25, 0.3) is 10.9 Å². The number of H-pyrrole nitrogens is 1. The zero-order chi connectivity index (χ0) is 19.0. The van der Waals surface area contributed by atoms with Crippen molar-refractivity contribution >= 4 is 10.9 Å². The minimum absolute atomic E-state index is 0.102. The van der Waals surface area contributed by atoms with Gasteiger partial charge in [-0.25, -0.2) is 0 Å². The molecule has 0 saturated carbocycles. The lowest BCUT2D eigenvalue weighted by atomic mass is 9.91. The number of ether oxygens (including phenoxy) is 2. The highest BCUT2D eigenvalue weighted by atomic mass is 16.5. The van der Waals surface area contributed by atoms with Crippen LogP contribution in [-0.4, -0.2) is 25.2 Å². The van der Waals surface area contributed by atoms with E-state index in [0.717, 1.165) is 30.0 Å². The normalized spacial score (nSPS) is 16.6. The smallest absolute Gasteiger partial charge is 0.124 e. The van der Waals surface area contributed by atoms with Gasteiger partial charge in [0, 0.05) is 28.7 Å². The zero-order valence-corrected chi connectivity index (χ0v) is 16.6. The summed E-state index contributed by atoms with van der Waals surface area (Å²) < 4.78 is 11.4. The van der Waals surface area contributed by atoms with Gasteiger partial charge in [-0.2, -0.15) is 0 Å². The number of hydrogen-bond acceptors (Lipinski definition) is 3. The standard InChI is InChI=1S/C23H28N2O2/c1-5-27-16-7-8-20-18(13-16)17-10-11-24-22(23(17)25-20)19-12-15(14(2)3)6-9-21(19)26-4/h6-9,12-14,22,24-25H,5,10-11H2,1-4H3. The Balaban J connectivity index is 1.84. The predicted octanol–water partition coefficient (Wildman–Crippen LogP) is 4.93. The Morgan fingerprint density at radius 3 is 2.74 bits per heavy atom. The molecule has 2 heterocycles. The Hall–Kier alpha value is -2.46. The molecular formula is C23H28N2O2. The molecule has 3 aromatic rings. The van der Waals surface area contributed by atoms with Crippen molar-refractivity contribution in [1.29, 1.82) is 0 Å². The van der Waals surface area contributed by atoms with E-state index in [4.69, 9.17) is 9.47 Å². The molecule has 1 atom stereocenters. The van der Waals surface area contributed by atoms with Crippen LogP contribution in [-0.2, 0) is 6.42 Å². The van der Waals surface area contributed by atoms with Gasteiger partial charge < -0.3 is 19.8 Å². The number of methoxy groups -OCH3 is 1. The summed E-state index contributed by atoms with van der Waals surface area (Å²) in [6.07, 6.45) is 1.01. The number of aromatic amines is 1. The topological polar surface area (TPSA) is 46.3 Å². The second kappa shape index (κ2) is 7.28. The number of hydrogen-bond donors (Lipinski definition) is 2. The molecule has 0 bridgehead atoms. The van der Waals surface area contributed by atoms with Crippen molar-refractivity contribution in [2.75, 3.05) is 20.3 Å². The van der Waals surface area contributed by atoms with Gasteiger partial charge in [0.25, 0.3) is 0 Å². The number of benzene rings is 2. The first-order valence-corrected chi connectivity index (χ1v) is 9.80. The van der Waals surface area contributed by atoms with Crippen LogP contribution in [0.1, 0.15) is 55.1 Å². The largest absolute Gasteiger partial charge is 0.496 e. The third kappa shape index (κ3) is 3.19. The van der Waals surface area contributed by atoms with Crippen LogP contribution in [0.5, 0.6) is 11.5 Å². The van der Waals surface area contributed by atoms with Gasteiger partial charge >= 0.3 is 0 Å². The van der Waals surface area contributed by atoms with Gasteiger partial charge in [0.2, 0.25) is 0 Å². The van der Waals surface area contributed by atoms with Crippen LogP contribution < -0.4 is 14.8 Å². The summed E-state index contributed by atoms with van der Waals surface area (Å²) in [6, 6.07) is 13.0. The third-order valence-corrected chi connectivity index (χ3v) is 5.47. The summed E-state index contributed by atoms with van der Waals surface area (Å²) in [4.78, 5) is 3.66. The highest BCUT2D eigenvalue weighted by Crippen LogP contribution is 2.38. The summed E-state index contributed by atoms with van der Waals surface area (Å²) >= 11 is 0. The van der Waals surface area contributed by atoms with Gasteiger partial charge in [-0.1, -0.05) is 19.9 Å². The van der Waals surface area contributed by atoms with Crippen LogP contribution in [0.4, 0.5) is 0 Å². The van der Waals surface area contributed by atoms with E-state index in [9.17, 15) is 0 Å². The fraction of sp³-hybridized carbons (Fsp3) is 0.391. The van der Waals surface area contributed by atoms with Crippen LogP contribution >= 0.6 is 0 Å². The number of aromatic nitrogens is 1. The monoisotopic (exact) mass is 364 g/mol. The van der Waals surface area contributed by atoms with E-state index in [0.29, 0.717) is 12.5 Å². The van der Waals surface area contributed by atoms with Gasteiger partial charge in [0.15, 0.2) is 0 Å². The van der Waals surface area contributed by atoms with Crippen molar-refractivity contribution in [2.24, 2.45) is 0 Å². The van der Waals surface area contributed by atoms with Crippen LogP contribution in [0, 0.1) is 0 Å². The van der Waals surface area contributed by atoms with Gasteiger partial charge in [0.05, 0.1) is 19.8 Å². The zero-order valence-electron chi connectivity index (χ0n) is 16.6. The average molecular weight is 364 g/mol. The molecule has 1 unspecified atom stereocenters. The Morgan fingerprint density at radius 2 is 2.00 bits per heavy atom. The van der Waals surface area contributed by atoms with Crippen LogP contribution in [0.2, 0.25) is 0 Å². The molecule has 142 valence electrons. The van der Waals surface area contributed by atoms with Crippen LogP contribution in [0.3, 0.4) is 0 Å². The van der Waals surface area contributed by atoms with Gasteiger partial charge in [-0.15, -0.1) is 0 Å². The van der Waals surface area contributed by atoms with E-state index in [2.05, 4.69) is 54.5 Å². The molecule has 2 N–H and O–H groups in total. The molecule has 0 fully saturated rings.